The van der Waals surface area contributed by atoms with Crippen molar-refractivity contribution in [2.45, 2.75) is 118 Å². The van der Waals surface area contributed by atoms with Gasteiger partial charge in [0.05, 0.1) is 24.4 Å². The summed E-state index contributed by atoms with van der Waals surface area (Å²) in [5.41, 5.74) is -0.242. The van der Waals surface area contributed by atoms with Gasteiger partial charge in [0.2, 0.25) is 0 Å². The van der Waals surface area contributed by atoms with Crippen molar-refractivity contribution >= 4 is 0 Å². The van der Waals surface area contributed by atoms with Crippen LogP contribution in [0.15, 0.2) is 11.6 Å². The fourth-order valence-electron chi connectivity index (χ4n) is 11.0. The highest BCUT2D eigenvalue weighted by molar-refractivity contribution is 5.37. The van der Waals surface area contributed by atoms with Crippen molar-refractivity contribution in [2.24, 2.45) is 56.7 Å². The minimum Gasteiger partial charge on any atom is -0.392 e. The van der Waals surface area contributed by atoms with Crippen LogP contribution < -0.4 is 0 Å². The molecule has 4 nitrogen and oxygen atoms in total. The fourth-order valence-corrected chi connectivity index (χ4v) is 11.0. The largest absolute Gasteiger partial charge is 0.392 e. The molecule has 0 bridgehead atoms. The van der Waals surface area contributed by atoms with E-state index in [9.17, 15) is 20.4 Å². The molecule has 0 saturated heterocycles. The average molecular weight is 475 g/mol. The maximum absolute atomic E-state index is 12.0. The van der Waals surface area contributed by atoms with E-state index in [0.29, 0.717) is 24.2 Å². The van der Waals surface area contributed by atoms with Gasteiger partial charge in [0.25, 0.3) is 0 Å². The zero-order chi connectivity index (χ0) is 25.2. The molecule has 4 heteroatoms. The zero-order valence-corrected chi connectivity index (χ0v) is 22.8. The lowest BCUT2D eigenvalue weighted by molar-refractivity contribution is -0.272. The second-order valence-corrected chi connectivity index (χ2v) is 15.0. The van der Waals surface area contributed by atoms with Crippen LogP contribution in [-0.2, 0) is 0 Å². The third-order valence-corrected chi connectivity index (χ3v) is 13.5. The van der Waals surface area contributed by atoms with Crippen molar-refractivity contribution < 1.29 is 20.4 Å². The van der Waals surface area contributed by atoms with E-state index in [2.05, 4.69) is 61.5 Å². The molecule has 0 aliphatic heterocycles. The molecule has 0 amide bonds. The van der Waals surface area contributed by atoms with Gasteiger partial charge >= 0.3 is 0 Å². The first-order valence-corrected chi connectivity index (χ1v) is 14.0. The zero-order valence-electron chi connectivity index (χ0n) is 22.8. The molecule has 4 fully saturated rings. The molecule has 194 valence electrons. The molecule has 13 atom stereocenters. The van der Waals surface area contributed by atoms with Crippen molar-refractivity contribution in [1.82, 2.24) is 0 Å². The van der Waals surface area contributed by atoms with Crippen LogP contribution in [0.4, 0.5) is 0 Å². The van der Waals surface area contributed by atoms with Crippen molar-refractivity contribution in [2.75, 3.05) is 0 Å². The number of aliphatic hydroxyl groups excluding tert-OH is 4. The highest BCUT2D eigenvalue weighted by atomic mass is 16.3. The van der Waals surface area contributed by atoms with Gasteiger partial charge in [-0.15, -0.1) is 0 Å². The summed E-state index contributed by atoms with van der Waals surface area (Å²) >= 11 is 0. The Kier molecular flexibility index (Phi) is 5.44. The van der Waals surface area contributed by atoms with E-state index in [1.54, 1.807) is 0 Å². The smallest absolute Gasteiger partial charge is 0.0763 e. The lowest BCUT2D eigenvalue weighted by Crippen LogP contribution is -2.72. The van der Waals surface area contributed by atoms with Crippen LogP contribution in [0.3, 0.4) is 0 Å². The summed E-state index contributed by atoms with van der Waals surface area (Å²) in [6.45, 7) is 18.2. The topological polar surface area (TPSA) is 80.9 Å². The maximum atomic E-state index is 12.0. The van der Waals surface area contributed by atoms with Crippen LogP contribution in [0.1, 0.15) is 93.9 Å². The Labute approximate surface area is 207 Å². The third-order valence-electron chi connectivity index (χ3n) is 13.5. The van der Waals surface area contributed by atoms with Gasteiger partial charge in [-0.05, 0) is 72.0 Å². The first kappa shape index (κ1) is 25.2. The van der Waals surface area contributed by atoms with Crippen LogP contribution in [-0.4, -0.2) is 44.8 Å². The Hall–Kier alpha value is -0.420. The normalized spacial score (nSPS) is 60.8. The van der Waals surface area contributed by atoms with Crippen LogP contribution >= 0.6 is 0 Å². The van der Waals surface area contributed by atoms with Gasteiger partial charge in [0.15, 0.2) is 0 Å². The van der Waals surface area contributed by atoms with Crippen molar-refractivity contribution in [3.63, 3.8) is 0 Å². The summed E-state index contributed by atoms with van der Waals surface area (Å²) in [5.74, 6) is 1.48. The van der Waals surface area contributed by atoms with Crippen LogP contribution in [0, 0.1) is 56.7 Å². The summed E-state index contributed by atoms with van der Waals surface area (Å²) in [7, 11) is 0. The standard InChI is InChI=1S/C30H50O4/c1-16-9-11-27(5)15-23(34)30(8)18(24(27)17(16)2)13-19(31)25-28(30,6)12-10-20-26(3,4)21(32)14-22(33)29(20,25)7/h13,16-17,19-25,31-34H,9-12,14-15H2,1-8H3/t16-,17+,19-,20?,21+,22-,23+,24+,25?,27-,28-,29-,30+/m1/s1. The number of hydrogen-bond acceptors (Lipinski definition) is 4. The van der Waals surface area contributed by atoms with E-state index in [-0.39, 0.29) is 28.1 Å². The van der Waals surface area contributed by atoms with Gasteiger partial charge in [0, 0.05) is 23.2 Å². The molecule has 2 unspecified atom stereocenters. The molecule has 5 aliphatic carbocycles. The number of fused-ring (bicyclic) bond motifs is 7. The molecule has 4 N–H and O–H groups in total. The van der Waals surface area contributed by atoms with Gasteiger partial charge in [0.1, 0.15) is 0 Å². The Bertz CT molecular complexity index is 881. The predicted octanol–water partition coefficient (Wildman–Crippen LogP) is 4.94. The third kappa shape index (κ3) is 2.75. The minimum absolute atomic E-state index is 0.0666. The average Bonchev–Trinajstić information content (AvgIpc) is 2.72. The van der Waals surface area contributed by atoms with Crippen molar-refractivity contribution in [1.29, 1.82) is 0 Å². The highest BCUT2D eigenvalue weighted by Crippen LogP contribution is 2.75. The monoisotopic (exact) mass is 474 g/mol. The molecule has 0 radical (unpaired) electrons. The quantitative estimate of drug-likeness (QED) is 0.375. The van der Waals surface area contributed by atoms with E-state index in [4.69, 9.17) is 0 Å². The molecule has 0 aromatic heterocycles. The Morgan fingerprint density at radius 1 is 0.824 bits per heavy atom. The first-order valence-electron chi connectivity index (χ1n) is 14.0. The Morgan fingerprint density at radius 2 is 1.47 bits per heavy atom. The van der Waals surface area contributed by atoms with Gasteiger partial charge in [-0.1, -0.05) is 67.0 Å². The van der Waals surface area contributed by atoms with Crippen LogP contribution in [0.25, 0.3) is 0 Å². The first-order chi connectivity index (χ1) is 15.6. The summed E-state index contributed by atoms with van der Waals surface area (Å²) in [5, 5.41) is 46.4. The Morgan fingerprint density at radius 3 is 2.12 bits per heavy atom. The highest BCUT2D eigenvalue weighted by Gasteiger charge is 2.73. The van der Waals surface area contributed by atoms with Crippen LogP contribution in [0.5, 0.6) is 0 Å². The SMILES string of the molecule is C[C@H]1[C@H](C)CC[C@]2(C)C[C@H](O)[C@]3(C)C(=C[C@@H](O)C4[C@]5(C)C(CC[C@]43C)C(C)(C)[C@@H](O)C[C@H]5O)[C@H]12. The predicted molar refractivity (Wildman–Crippen MR) is 135 cm³/mol. The molecule has 5 aliphatic rings. The summed E-state index contributed by atoms with van der Waals surface area (Å²) in [4.78, 5) is 0. The van der Waals surface area contributed by atoms with E-state index < -0.39 is 35.2 Å². The fraction of sp³-hybridized carbons (Fsp3) is 0.933. The molecule has 5 rings (SSSR count). The van der Waals surface area contributed by atoms with Crippen LogP contribution in [0.2, 0.25) is 0 Å². The molecule has 0 heterocycles. The lowest BCUT2D eigenvalue weighted by Gasteiger charge is -2.73. The number of hydrogen-bond donors (Lipinski definition) is 4. The van der Waals surface area contributed by atoms with Crippen molar-refractivity contribution in [3.8, 4) is 0 Å². The summed E-state index contributed by atoms with van der Waals surface area (Å²) in [6.07, 6.45) is 5.13. The van der Waals surface area contributed by atoms with Gasteiger partial charge < -0.3 is 20.4 Å². The molecular weight excluding hydrogens is 424 g/mol. The van der Waals surface area contributed by atoms with E-state index in [0.717, 1.165) is 25.7 Å². The summed E-state index contributed by atoms with van der Waals surface area (Å²) < 4.78 is 0. The van der Waals surface area contributed by atoms with E-state index in [1.165, 1.54) is 12.0 Å². The van der Waals surface area contributed by atoms with E-state index in [1.807, 2.05) is 0 Å². The molecule has 34 heavy (non-hydrogen) atoms. The van der Waals surface area contributed by atoms with Crippen molar-refractivity contribution in [3.05, 3.63) is 11.6 Å². The second-order valence-electron chi connectivity index (χ2n) is 15.0. The van der Waals surface area contributed by atoms with Gasteiger partial charge in [-0.25, -0.2) is 0 Å². The van der Waals surface area contributed by atoms with E-state index >= 15 is 0 Å². The molecule has 4 saturated carbocycles. The van der Waals surface area contributed by atoms with Gasteiger partial charge in [-0.3, -0.25) is 0 Å². The lowest BCUT2D eigenvalue weighted by atomic mass is 9.32. The Balaban J connectivity index is 1.69. The molecule has 0 aromatic carbocycles. The molecule has 0 aromatic rings. The molecular formula is C30H50O4. The minimum atomic E-state index is -0.669. The number of aliphatic hydroxyl groups is 4. The second kappa shape index (κ2) is 7.33. The number of rotatable bonds is 0. The summed E-state index contributed by atoms with van der Waals surface area (Å²) in [6, 6.07) is 0. The maximum Gasteiger partial charge on any atom is 0.0763 e. The molecule has 0 spiro atoms. The van der Waals surface area contributed by atoms with Gasteiger partial charge in [-0.2, -0.15) is 0 Å².